The van der Waals surface area contributed by atoms with E-state index < -0.39 is 0 Å². The van der Waals surface area contributed by atoms with E-state index in [0.717, 1.165) is 16.8 Å². The molecule has 1 aromatic heterocycles. The fourth-order valence-corrected chi connectivity index (χ4v) is 8.59. The van der Waals surface area contributed by atoms with E-state index in [0.29, 0.717) is 0 Å². The molecule has 0 radical (unpaired) electrons. The maximum absolute atomic E-state index is 10.0. The van der Waals surface area contributed by atoms with Gasteiger partial charge in [0, 0.05) is 33.3 Å². The number of hydrogen-bond donors (Lipinski definition) is 1. The van der Waals surface area contributed by atoms with Gasteiger partial charge in [0.15, 0.2) is 5.78 Å². The molecule has 4 heteroatoms. The van der Waals surface area contributed by atoms with Gasteiger partial charge < -0.3 is 10.1 Å². The third kappa shape index (κ3) is 8.83. The number of aliphatic hydroxyl groups is 1. The van der Waals surface area contributed by atoms with Crippen molar-refractivity contribution < 1.29 is 31.0 Å². The molecule has 7 aromatic carbocycles. The molecule has 0 atom stereocenters. The molecular weight excluding hydrogens is 938 g/mol. The number of pyridine rings is 1. The molecule has 1 aliphatic rings. The molecule has 0 saturated heterocycles. The van der Waals surface area contributed by atoms with E-state index in [-0.39, 0.29) is 43.4 Å². The molecule has 1 heterocycles. The largest absolute Gasteiger partial charge is 0.512 e. The topological polar surface area (TPSA) is 50.2 Å². The Morgan fingerprint density at radius 2 is 0.903 bits per heavy atom. The summed E-state index contributed by atoms with van der Waals surface area (Å²) < 4.78 is 0. The minimum absolute atomic E-state index is 0. The zero-order valence-electron chi connectivity index (χ0n) is 36.0. The van der Waals surface area contributed by atoms with Crippen LogP contribution in [-0.2, 0) is 36.7 Å². The van der Waals surface area contributed by atoms with E-state index in [1.165, 1.54) is 92.2 Å². The predicted octanol–water partition coefficient (Wildman–Crippen LogP) is 15.2. The van der Waals surface area contributed by atoms with Crippen molar-refractivity contribution in [3.05, 3.63) is 211 Å². The number of rotatable bonds is 7. The predicted molar refractivity (Wildman–Crippen MR) is 254 cm³/mol. The molecule has 1 N–H and O–H groups in total. The summed E-state index contributed by atoms with van der Waals surface area (Å²) in [6.45, 7) is 12.4. The number of aliphatic hydroxyl groups excluding tert-OH is 1. The van der Waals surface area contributed by atoms with Crippen molar-refractivity contribution in [2.24, 2.45) is 0 Å². The molecule has 1 aliphatic carbocycles. The fourth-order valence-electron chi connectivity index (χ4n) is 8.59. The number of carbonyl (C=O) groups is 1. The average molecular weight is 988 g/mol. The van der Waals surface area contributed by atoms with Gasteiger partial charge in [0.25, 0.3) is 0 Å². The van der Waals surface area contributed by atoms with E-state index >= 15 is 0 Å². The second-order valence-electron chi connectivity index (χ2n) is 17.0. The van der Waals surface area contributed by atoms with Crippen LogP contribution < -0.4 is 0 Å². The summed E-state index contributed by atoms with van der Waals surface area (Å²) in [6.07, 6.45) is 3.15. The first kappa shape index (κ1) is 43.7. The SMILES string of the molecule is CC(=O)/C=C(/C)O.CC1(C)c2cc(-c3cc(-c4ccccc4)cc(-c4ccccc4)c3)c[c-]c2-c2nccc(-c3cc(-c4ccccc4)cc(-c4ccccc4)c3)c2C1(C)C.[Pt]. The van der Waals surface area contributed by atoms with E-state index in [1.54, 1.807) is 0 Å². The normalized spacial score (nSPS) is 13.4. The molecule has 0 amide bonds. The first-order valence-corrected chi connectivity index (χ1v) is 20.9. The smallest absolute Gasteiger partial charge is 0.155 e. The Labute approximate surface area is 381 Å². The molecule has 0 bridgehead atoms. The molecule has 0 spiro atoms. The molecule has 0 fully saturated rings. The Hall–Kier alpha value is -6.41. The molecular formula is C58H50NO2Pt-. The molecule has 0 saturated carbocycles. The quantitative estimate of drug-likeness (QED) is 0.0983. The number of ketones is 1. The Bertz CT molecular complexity index is 2760. The molecule has 62 heavy (non-hydrogen) atoms. The van der Waals surface area contributed by atoms with Gasteiger partial charge in [0.05, 0.1) is 5.76 Å². The van der Waals surface area contributed by atoms with Crippen LogP contribution in [0.4, 0.5) is 0 Å². The van der Waals surface area contributed by atoms with Gasteiger partial charge >= 0.3 is 0 Å². The van der Waals surface area contributed by atoms with Gasteiger partial charge in [0.1, 0.15) is 0 Å². The molecule has 8 aromatic rings. The molecule has 0 unspecified atom stereocenters. The van der Waals surface area contributed by atoms with Gasteiger partial charge in [-0.1, -0.05) is 178 Å². The van der Waals surface area contributed by atoms with Gasteiger partial charge in [-0.05, 0) is 116 Å². The van der Waals surface area contributed by atoms with E-state index in [9.17, 15) is 4.79 Å². The number of nitrogens with zero attached hydrogens (tertiary/aromatic N) is 1. The Kier molecular flexibility index (Phi) is 12.9. The third-order valence-electron chi connectivity index (χ3n) is 12.3. The van der Waals surface area contributed by atoms with E-state index in [4.69, 9.17) is 10.1 Å². The monoisotopic (exact) mass is 987 g/mol. The first-order valence-electron chi connectivity index (χ1n) is 20.9. The van der Waals surface area contributed by atoms with Crippen molar-refractivity contribution in [1.29, 1.82) is 0 Å². The number of benzene rings is 7. The van der Waals surface area contributed by atoms with Crippen LogP contribution in [0.5, 0.6) is 0 Å². The molecule has 0 aliphatic heterocycles. The fraction of sp³-hybridized carbons (Fsp3) is 0.138. The van der Waals surface area contributed by atoms with Crippen molar-refractivity contribution in [3.63, 3.8) is 0 Å². The van der Waals surface area contributed by atoms with Crippen molar-refractivity contribution in [3.8, 4) is 78.0 Å². The maximum atomic E-state index is 10.0. The number of aromatic nitrogens is 1. The van der Waals surface area contributed by atoms with Crippen LogP contribution in [0.1, 0.15) is 52.7 Å². The summed E-state index contributed by atoms with van der Waals surface area (Å²) in [5, 5.41) is 8.36. The van der Waals surface area contributed by atoms with Crippen LogP contribution in [0.2, 0.25) is 0 Å². The van der Waals surface area contributed by atoms with Gasteiger partial charge in [-0.3, -0.25) is 4.79 Å². The molecule has 310 valence electrons. The summed E-state index contributed by atoms with van der Waals surface area (Å²) in [6, 6.07) is 67.4. The van der Waals surface area contributed by atoms with Crippen molar-refractivity contribution in [2.75, 3.05) is 0 Å². The van der Waals surface area contributed by atoms with Crippen LogP contribution in [0.25, 0.3) is 78.0 Å². The summed E-state index contributed by atoms with van der Waals surface area (Å²) >= 11 is 0. The molecule has 3 nitrogen and oxygen atoms in total. The summed E-state index contributed by atoms with van der Waals surface area (Å²) in [5.41, 5.74) is 18.6. The van der Waals surface area contributed by atoms with Crippen LogP contribution in [0.3, 0.4) is 0 Å². The number of allylic oxidation sites excluding steroid dienone is 2. The average Bonchev–Trinajstić information content (AvgIpc) is 3.28. The van der Waals surface area contributed by atoms with Crippen LogP contribution in [-0.4, -0.2) is 15.9 Å². The first-order chi connectivity index (χ1) is 29.4. The van der Waals surface area contributed by atoms with Gasteiger partial charge in [-0.25, -0.2) is 0 Å². The van der Waals surface area contributed by atoms with Crippen molar-refractivity contribution in [1.82, 2.24) is 4.98 Å². The van der Waals surface area contributed by atoms with Gasteiger partial charge in [0.2, 0.25) is 0 Å². The Morgan fingerprint density at radius 1 is 0.516 bits per heavy atom. The van der Waals surface area contributed by atoms with E-state index in [2.05, 4.69) is 210 Å². The minimum atomic E-state index is -0.262. The molecule has 9 rings (SSSR count). The number of fused-ring (bicyclic) bond motifs is 3. The zero-order valence-corrected chi connectivity index (χ0v) is 38.3. The Balaban J connectivity index is 0.000000668. The van der Waals surface area contributed by atoms with Crippen LogP contribution in [0, 0.1) is 6.07 Å². The number of hydrogen-bond acceptors (Lipinski definition) is 3. The van der Waals surface area contributed by atoms with Crippen molar-refractivity contribution >= 4 is 5.78 Å². The third-order valence-corrected chi connectivity index (χ3v) is 12.3. The summed E-state index contributed by atoms with van der Waals surface area (Å²) in [5.74, 6) is -0.0625. The Morgan fingerprint density at radius 3 is 1.27 bits per heavy atom. The second kappa shape index (κ2) is 18.3. The van der Waals surface area contributed by atoms with Crippen LogP contribution >= 0.6 is 0 Å². The van der Waals surface area contributed by atoms with Gasteiger partial charge in [-0.2, -0.15) is 0 Å². The maximum Gasteiger partial charge on any atom is 0.155 e. The van der Waals surface area contributed by atoms with Gasteiger partial charge in [-0.15, -0.1) is 29.3 Å². The van der Waals surface area contributed by atoms with Crippen molar-refractivity contribution in [2.45, 2.75) is 52.4 Å². The summed E-state index contributed by atoms with van der Waals surface area (Å²) in [7, 11) is 0. The zero-order chi connectivity index (χ0) is 42.7. The number of carbonyl (C=O) groups excluding carboxylic acids is 1. The van der Waals surface area contributed by atoms with E-state index in [1.807, 2.05) is 6.20 Å². The standard InChI is InChI=1S/C53H42N.C5H8O2.Pt/c1-52(2)49-35-40(45-31-41(36-17-9-5-10-18-36)29-42(32-45)37-19-11-6-12-20-37)25-26-48(49)51-50(53(52,3)4)47(27-28-54-51)46-33-43(38-21-13-7-14-22-38)30-44(34-46)39-23-15-8-16-24-39;1-4(6)3-5(2)7;/h5-25,27-35H,1-4H3;3,6H,1-2H3;/q-1;;/b;4-3-;. The second-order valence-corrected chi connectivity index (χ2v) is 17.0. The van der Waals surface area contributed by atoms with Crippen LogP contribution in [0.15, 0.2) is 194 Å². The summed E-state index contributed by atoms with van der Waals surface area (Å²) in [4.78, 5) is 15.2. The minimum Gasteiger partial charge on any atom is -0.512 e.